The Hall–Kier alpha value is -1.94. The molecule has 504 valence electrons. The molecule has 0 bridgehead atoms. The van der Waals surface area contributed by atoms with Crippen molar-refractivity contribution in [3.8, 4) is 0 Å². The average Bonchev–Trinajstić information content (AvgIpc) is 3.56. The van der Waals surface area contributed by atoms with Crippen molar-refractivity contribution in [2.45, 2.75) is 355 Å². The first-order chi connectivity index (χ1) is 41.0. The fourth-order valence-electron chi connectivity index (χ4n) is 9.94. The summed E-state index contributed by atoms with van der Waals surface area (Å²) in [6.07, 6.45) is 44.8. The van der Waals surface area contributed by atoms with Gasteiger partial charge in [0.1, 0.15) is 19.3 Å². The lowest BCUT2D eigenvalue weighted by atomic mass is 10.0. The summed E-state index contributed by atoms with van der Waals surface area (Å²) in [4.78, 5) is 72.1. The van der Waals surface area contributed by atoms with Gasteiger partial charge in [-0.1, -0.05) is 285 Å². The molecule has 0 aromatic heterocycles. The predicted molar refractivity (Wildman–Crippen MR) is 340 cm³/mol. The fourth-order valence-corrected chi connectivity index (χ4v) is 11.5. The van der Waals surface area contributed by atoms with Crippen LogP contribution >= 0.6 is 15.6 Å². The molecule has 0 fully saturated rings. The molecular weight excluding hydrogens is 1130 g/mol. The summed E-state index contributed by atoms with van der Waals surface area (Å²) in [6, 6.07) is 0. The third-order valence-electron chi connectivity index (χ3n) is 15.3. The molecule has 0 rings (SSSR count). The zero-order chi connectivity index (χ0) is 62.8. The molecule has 0 spiro atoms. The molecule has 0 saturated heterocycles. The number of ether oxygens (including phenoxy) is 4. The van der Waals surface area contributed by atoms with Gasteiger partial charge in [-0.2, -0.15) is 0 Å². The van der Waals surface area contributed by atoms with Gasteiger partial charge < -0.3 is 33.8 Å². The second-order valence-corrected chi connectivity index (χ2v) is 27.2. The van der Waals surface area contributed by atoms with Crippen molar-refractivity contribution in [1.29, 1.82) is 0 Å². The highest BCUT2D eigenvalue weighted by Crippen LogP contribution is 2.45. The predicted octanol–water partition coefficient (Wildman–Crippen LogP) is 18.6. The third kappa shape index (κ3) is 60.7. The molecule has 2 unspecified atom stereocenters. The van der Waals surface area contributed by atoms with Crippen molar-refractivity contribution in [2.75, 3.05) is 39.6 Å². The van der Waals surface area contributed by atoms with E-state index in [9.17, 15) is 43.2 Å². The summed E-state index contributed by atoms with van der Waals surface area (Å²) < 4.78 is 67.9. The van der Waals surface area contributed by atoms with Gasteiger partial charge in [-0.15, -0.1) is 0 Å². The third-order valence-corrected chi connectivity index (χ3v) is 17.2. The molecule has 0 aliphatic rings. The van der Waals surface area contributed by atoms with Crippen LogP contribution in [0.1, 0.15) is 336 Å². The average molecular weight is 1260 g/mol. The lowest BCUT2D eigenvalue weighted by Gasteiger charge is -2.21. The van der Waals surface area contributed by atoms with E-state index in [4.69, 9.17) is 37.0 Å². The number of hydrogen-bond acceptors (Lipinski definition) is 15. The number of phosphoric acid groups is 2. The summed E-state index contributed by atoms with van der Waals surface area (Å²) >= 11 is 0. The van der Waals surface area contributed by atoms with Crippen LogP contribution in [0.3, 0.4) is 0 Å². The van der Waals surface area contributed by atoms with Gasteiger partial charge in [0, 0.05) is 25.7 Å². The van der Waals surface area contributed by atoms with Crippen molar-refractivity contribution in [3.63, 3.8) is 0 Å². The van der Waals surface area contributed by atoms with Crippen molar-refractivity contribution in [3.05, 3.63) is 0 Å². The molecule has 0 aliphatic carbocycles. The fraction of sp³-hybridized carbons (Fsp3) is 0.939. The van der Waals surface area contributed by atoms with E-state index in [1.54, 1.807) is 0 Å². The van der Waals surface area contributed by atoms with E-state index < -0.39 is 97.5 Å². The quantitative estimate of drug-likeness (QED) is 0.0222. The van der Waals surface area contributed by atoms with E-state index in [0.717, 1.165) is 103 Å². The maximum Gasteiger partial charge on any atom is 0.472 e. The van der Waals surface area contributed by atoms with Gasteiger partial charge >= 0.3 is 39.5 Å². The molecule has 17 nitrogen and oxygen atoms in total. The highest BCUT2D eigenvalue weighted by molar-refractivity contribution is 7.47. The first-order valence-electron chi connectivity index (χ1n) is 34.6. The van der Waals surface area contributed by atoms with Crippen LogP contribution in [0.15, 0.2) is 0 Å². The Labute approximate surface area is 517 Å². The number of aliphatic hydroxyl groups is 1. The molecule has 5 atom stereocenters. The first-order valence-corrected chi connectivity index (χ1v) is 37.6. The van der Waals surface area contributed by atoms with Crippen LogP contribution in [-0.4, -0.2) is 96.7 Å². The lowest BCUT2D eigenvalue weighted by molar-refractivity contribution is -0.161. The molecule has 0 radical (unpaired) electrons. The van der Waals surface area contributed by atoms with E-state index >= 15 is 0 Å². The number of unbranched alkanes of at least 4 members (excludes halogenated alkanes) is 38. The molecular formula is C66H128O17P2. The topological polar surface area (TPSA) is 237 Å². The van der Waals surface area contributed by atoms with Gasteiger partial charge in [0.2, 0.25) is 0 Å². The van der Waals surface area contributed by atoms with Gasteiger partial charge in [0.05, 0.1) is 26.4 Å². The number of aliphatic hydroxyl groups excluding tert-OH is 1. The second kappa shape index (κ2) is 59.7. The zero-order valence-electron chi connectivity index (χ0n) is 54.7. The van der Waals surface area contributed by atoms with Crippen molar-refractivity contribution in [2.24, 2.45) is 5.92 Å². The van der Waals surface area contributed by atoms with Gasteiger partial charge in [-0.05, 0) is 31.6 Å². The van der Waals surface area contributed by atoms with E-state index in [-0.39, 0.29) is 25.7 Å². The molecule has 19 heteroatoms. The molecule has 0 aromatic rings. The summed E-state index contributed by atoms with van der Waals surface area (Å²) in [7, 11) is -9.88. The van der Waals surface area contributed by atoms with Crippen LogP contribution < -0.4 is 0 Å². The Balaban J connectivity index is 5.13. The summed E-state index contributed by atoms with van der Waals surface area (Å²) in [6.45, 7) is 7.09. The molecule has 0 amide bonds. The molecule has 0 aliphatic heterocycles. The van der Waals surface area contributed by atoms with E-state index in [0.29, 0.717) is 31.6 Å². The smallest absolute Gasteiger partial charge is 0.462 e. The van der Waals surface area contributed by atoms with E-state index in [1.165, 1.54) is 148 Å². The van der Waals surface area contributed by atoms with Crippen LogP contribution in [0.4, 0.5) is 0 Å². The number of rotatable bonds is 66. The largest absolute Gasteiger partial charge is 0.472 e. The van der Waals surface area contributed by atoms with E-state index in [1.807, 2.05) is 0 Å². The molecule has 0 heterocycles. The summed E-state index contributed by atoms with van der Waals surface area (Å²) in [5, 5.41) is 10.5. The first kappa shape index (κ1) is 83.1. The summed E-state index contributed by atoms with van der Waals surface area (Å²) in [5.74, 6) is -1.46. The Kier molecular flexibility index (Phi) is 58.3. The summed E-state index contributed by atoms with van der Waals surface area (Å²) in [5.41, 5.74) is 0. The minimum absolute atomic E-state index is 0.106. The second-order valence-electron chi connectivity index (χ2n) is 24.3. The Morgan fingerprint density at radius 1 is 0.318 bits per heavy atom. The van der Waals surface area contributed by atoms with Crippen molar-refractivity contribution < 1.29 is 80.2 Å². The van der Waals surface area contributed by atoms with E-state index in [2.05, 4.69) is 34.6 Å². The molecule has 0 aromatic carbocycles. The van der Waals surface area contributed by atoms with Gasteiger partial charge in [-0.25, -0.2) is 9.13 Å². The number of phosphoric ester groups is 2. The normalized spacial score (nSPS) is 14.2. The highest BCUT2D eigenvalue weighted by atomic mass is 31.2. The molecule has 0 saturated carbocycles. The standard InChI is InChI=1S/C66H128O17P2/c1-6-9-12-15-18-21-22-23-24-25-26-27-28-29-30-32-35-42-47-52-66(71)83-62(56-77-64(69)50-45-40-37-36-38-43-48-59(4)5)58-81-85(74,75)79-54-60(67)53-78-84(72,73)80-57-61(55-76-63(68)49-44-39-33-20-17-14-11-8-3)82-65(70)51-46-41-34-31-19-16-13-10-7-2/h59-62,67H,6-58H2,1-5H3,(H,72,73)(H,74,75)/t60-,61+,62+/m0/s1. The van der Waals surface area contributed by atoms with Gasteiger partial charge in [-0.3, -0.25) is 37.3 Å². The number of esters is 4. The monoisotopic (exact) mass is 1250 g/mol. The van der Waals surface area contributed by atoms with Crippen molar-refractivity contribution in [1.82, 2.24) is 0 Å². The van der Waals surface area contributed by atoms with Crippen LogP contribution in [-0.2, 0) is 65.4 Å². The van der Waals surface area contributed by atoms with Gasteiger partial charge in [0.25, 0.3) is 0 Å². The zero-order valence-corrected chi connectivity index (χ0v) is 56.5. The number of carbonyl (C=O) groups excluding carboxylic acids is 4. The minimum Gasteiger partial charge on any atom is -0.462 e. The van der Waals surface area contributed by atoms with Crippen LogP contribution in [0, 0.1) is 5.92 Å². The van der Waals surface area contributed by atoms with Crippen LogP contribution in [0.5, 0.6) is 0 Å². The van der Waals surface area contributed by atoms with Crippen molar-refractivity contribution >= 4 is 39.5 Å². The SMILES string of the molecule is CCCCCCCCCCCCCCCCCCCCCC(=O)O[C@H](COC(=O)CCCCCCCCC(C)C)COP(=O)(O)OC[C@@H](O)COP(=O)(O)OC[C@@H](COC(=O)CCCCCCCCCC)OC(=O)CCCCCCCCCCC. The molecule has 3 N–H and O–H groups in total. The lowest BCUT2D eigenvalue weighted by Crippen LogP contribution is -2.30. The highest BCUT2D eigenvalue weighted by Gasteiger charge is 2.30. The Morgan fingerprint density at radius 2 is 0.541 bits per heavy atom. The Morgan fingerprint density at radius 3 is 0.800 bits per heavy atom. The maximum atomic E-state index is 13.0. The number of hydrogen-bond donors (Lipinski definition) is 3. The van der Waals surface area contributed by atoms with Crippen LogP contribution in [0.2, 0.25) is 0 Å². The van der Waals surface area contributed by atoms with Gasteiger partial charge in [0.15, 0.2) is 12.2 Å². The minimum atomic E-state index is -4.94. The Bertz CT molecular complexity index is 1650. The molecule has 85 heavy (non-hydrogen) atoms. The number of carbonyl (C=O) groups is 4. The maximum absolute atomic E-state index is 13.0. The van der Waals surface area contributed by atoms with Crippen LogP contribution in [0.25, 0.3) is 0 Å².